The van der Waals surface area contributed by atoms with Gasteiger partial charge in [0.2, 0.25) is 0 Å². The third-order valence-electron chi connectivity index (χ3n) is 1.06. The van der Waals surface area contributed by atoms with E-state index >= 15 is 0 Å². The number of para-hydroxylation sites is 1. The van der Waals surface area contributed by atoms with Crippen molar-refractivity contribution in [2.45, 2.75) is 0 Å². The average molecular weight is 245 g/mol. The van der Waals surface area contributed by atoms with Crippen molar-refractivity contribution in [1.29, 1.82) is 0 Å². The fourth-order valence-corrected chi connectivity index (χ4v) is 0.608. The molecule has 0 aliphatic heterocycles. The van der Waals surface area contributed by atoms with Crippen LogP contribution in [0.3, 0.4) is 0 Å². The summed E-state index contributed by atoms with van der Waals surface area (Å²) in [6.45, 7) is 0. The summed E-state index contributed by atoms with van der Waals surface area (Å²) < 4.78 is 0. The van der Waals surface area contributed by atoms with E-state index in [1.165, 1.54) is 0 Å². The van der Waals surface area contributed by atoms with Gasteiger partial charge in [0, 0.05) is 20.4 Å². The van der Waals surface area contributed by atoms with Crippen LogP contribution < -0.4 is 5.17 Å². The van der Waals surface area contributed by atoms with Crippen LogP contribution >= 0.6 is 0 Å². The monoisotopic (exact) mass is 244 g/mol. The third-order valence-corrected chi connectivity index (χ3v) is 1.06. The van der Waals surface area contributed by atoms with Crippen molar-refractivity contribution in [2.24, 2.45) is 5.29 Å². The van der Waals surface area contributed by atoms with Gasteiger partial charge < -0.3 is 0 Å². The second-order valence-corrected chi connectivity index (χ2v) is 1.71. The zero-order chi connectivity index (χ0) is 7.40. The number of nitroso groups, excluding NO2 is 1. The molecule has 11 heavy (non-hydrogen) atoms. The van der Waals surface area contributed by atoms with E-state index in [9.17, 15) is 4.91 Å². The van der Waals surface area contributed by atoms with Crippen LogP contribution in [-0.2, 0) is 20.4 Å². The summed E-state index contributed by atoms with van der Waals surface area (Å²) in [5.74, 6) is 0. The second-order valence-electron chi connectivity index (χ2n) is 1.71. The molecule has 1 N–H and O–H groups in total. The summed E-state index contributed by atoms with van der Waals surface area (Å²) in [6.07, 6.45) is 0. The number of rotatable bonds is 2. The quantitative estimate of drug-likeness (QED) is 0.488. The number of hydrogen-bond acceptors (Lipinski definition) is 3. The van der Waals surface area contributed by atoms with Crippen LogP contribution in [0, 0.1) is 4.91 Å². The summed E-state index contributed by atoms with van der Waals surface area (Å²) in [4.78, 5) is 9.73. The molecule has 0 fully saturated rings. The van der Waals surface area contributed by atoms with Crippen molar-refractivity contribution >= 4 is 5.69 Å². The van der Waals surface area contributed by atoms with Gasteiger partial charge in [0.1, 0.15) is 0 Å². The van der Waals surface area contributed by atoms with E-state index in [0.717, 1.165) is 0 Å². The molecule has 0 aromatic heterocycles. The Morgan fingerprint density at radius 1 is 1.27 bits per heavy atom. The number of hydrogen-bond donors (Lipinski definition) is 1. The van der Waals surface area contributed by atoms with Crippen molar-refractivity contribution in [2.75, 3.05) is 5.17 Å². The Kier molecular flexibility index (Phi) is 4.63. The molecule has 0 aliphatic carbocycles. The molecule has 5 heteroatoms. The van der Waals surface area contributed by atoms with Crippen molar-refractivity contribution in [3.05, 3.63) is 35.2 Å². The van der Waals surface area contributed by atoms with Crippen LogP contribution in [0.15, 0.2) is 35.6 Å². The van der Waals surface area contributed by atoms with Gasteiger partial charge in [-0.15, -0.1) is 10.1 Å². The fraction of sp³-hybridized carbons (Fsp3) is 0. The predicted octanol–water partition coefficient (Wildman–Crippen LogP) is 1.56. The van der Waals surface area contributed by atoms with Gasteiger partial charge in [-0.2, -0.15) is 0 Å². The van der Waals surface area contributed by atoms with Crippen LogP contribution in [0.25, 0.3) is 0 Å². The minimum Gasteiger partial charge on any atom is -0.265 e. The first kappa shape index (κ1) is 10.2. The average Bonchev–Trinajstić information content (AvgIpc) is 2.05. The molecule has 0 aliphatic rings. The van der Waals surface area contributed by atoms with Gasteiger partial charge in [-0.05, 0) is 12.1 Å². The second kappa shape index (κ2) is 4.97. The minimum atomic E-state index is 0. The number of anilines is 1. The molecule has 0 atom stereocenters. The van der Waals surface area contributed by atoms with Gasteiger partial charge in [-0.25, -0.2) is 0 Å². The van der Waals surface area contributed by atoms with Gasteiger partial charge in [-0.3, -0.25) is 5.21 Å². The van der Waals surface area contributed by atoms with Crippen LogP contribution in [0.1, 0.15) is 0 Å². The molecule has 0 amide bonds. The summed E-state index contributed by atoms with van der Waals surface area (Å²) in [5, 5.41) is 11.3. The Balaban J connectivity index is 0.000001000. The van der Waals surface area contributed by atoms with E-state index in [4.69, 9.17) is 5.21 Å². The Bertz CT molecular complexity index is 217. The minimum absolute atomic E-state index is 0. The van der Waals surface area contributed by atoms with Crippen molar-refractivity contribution in [3.63, 3.8) is 0 Å². The maximum Gasteiger partial charge on any atom is 0.0932 e. The summed E-state index contributed by atoms with van der Waals surface area (Å²) in [5.41, 5.74) is 0.359. The molecule has 4 nitrogen and oxygen atoms in total. The first-order chi connectivity index (χ1) is 4.84. The zero-order valence-electron chi connectivity index (χ0n) is 5.45. The van der Waals surface area contributed by atoms with E-state index in [1.54, 1.807) is 30.3 Å². The van der Waals surface area contributed by atoms with Crippen LogP contribution in [0.5, 0.6) is 0 Å². The van der Waals surface area contributed by atoms with Crippen molar-refractivity contribution in [1.82, 2.24) is 0 Å². The Morgan fingerprint density at radius 2 is 1.82 bits per heavy atom. The Morgan fingerprint density at radius 3 is 2.27 bits per heavy atom. The molecule has 0 saturated heterocycles. The fourth-order valence-electron chi connectivity index (χ4n) is 0.608. The normalized spacial score (nSPS) is 8.09. The van der Waals surface area contributed by atoms with E-state index < -0.39 is 0 Å². The molecule has 0 heterocycles. The summed E-state index contributed by atoms with van der Waals surface area (Å²) >= 11 is 0. The molecule has 0 radical (unpaired) electrons. The predicted molar refractivity (Wildman–Crippen MR) is 36.5 cm³/mol. The zero-order valence-corrected chi connectivity index (χ0v) is 7.01. The SMILES string of the molecule is O=NN(O)c1ccccc1.[Pd]. The first-order valence-electron chi connectivity index (χ1n) is 2.72. The summed E-state index contributed by atoms with van der Waals surface area (Å²) in [7, 11) is 0. The molecule has 1 aromatic carbocycles. The molecule has 62 valence electrons. The largest absolute Gasteiger partial charge is 0.265 e. The van der Waals surface area contributed by atoms with Gasteiger partial charge in [0.25, 0.3) is 0 Å². The third kappa shape index (κ3) is 2.76. The molecule has 0 unspecified atom stereocenters. The van der Waals surface area contributed by atoms with Crippen LogP contribution in [0.2, 0.25) is 0 Å². The number of nitrogens with zero attached hydrogens (tertiary/aromatic N) is 2. The molecule has 0 saturated carbocycles. The topological polar surface area (TPSA) is 52.9 Å². The van der Waals surface area contributed by atoms with Gasteiger partial charge in [0.05, 0.1) is 11.0 Å². The maximum absolute atomic E-state index is 9.73. The maximum atomic E-state index is 9.73. The van der Waals surface area contributed by atoms with Crippen LogP contribution in [-0.4, -0.2) is 5.21 Å². The Labute approximate surface area is 77.4 Å². The summed E-state index contributed by atoms with van der Waals surface area (Å²) in [6, 6.07) is 8.32. The molecular weight excluding hydrogens is 238 g/mol. The van der Waals surface area contributed by atoms with Crippen LogP contribution in [0.4, 0.5) is 5.69 Å². The number of benzene rings is 1. The van der Waals surface area contributed by atoms with Crippen molar-refractivity contribution in [3.8, 4) is 0 Å². The Hall–Kier alpha value is -0.758. The van der Waals surface area contributed by atoms with Gasteiger partial charge in [0.15, 0.2) is 0 Å². The van der Waals surface area contributed by atoms with Crippen molar-refractivity contribution < 1.29 is 25.6 Å². The smallest absolute Gasteiger partial charge is 0.0932 e. The van der Waals surface area contributed by atoms with Gasteiger partial charge >= 0.3 is 0 Å². The standard InChI is InChI=1S/C6H6N2O2.Pd/c9-7-8(10)6-4-2-1-3-5-6;/h1-5,10H;. The molecule has 0 spiro atoms. The van der Waals surface area contributed by atoms with E-state index in [0.29, 0.717) is 5.69 Å². The van der Waals surface area contributed by atoms with E-state index in [-0.39, 0.29) is 25.6 Å². The molecule has 1 rings (SSSR count). The first-order valence-corrected chi connectivity index (χ1v) is 2.72. The van der Waals surface area contributed by atoms with Gasteiger partial charge in [-0.1, -0.05) is 18.2 Å². The molecule has 0 bridgehead atoms. The molecular formula is C6H6N2O2Pd. The molecule has 1 aromatic rings. The van der Waals surface area contributed by atoms with E-state index in [2.05, 4.69) is 5.29 Å². The van der Waals surface area contributed by atoms with E-state index in [1.807, 2.05) is 0 Å².